The second kappa shape index (κ2) is 6.00. The van der Waals surface area contributed by atoms with Crippen LogP contribution in [0.15, 0.2) is 29.6 Å². The normalized spacial score (nSPS) is 14.7. The van der Waals surface area contributed by atoms with Gasteiger partial charge in [0, 0.05) is 23.5 Å². The van der Waals surface area contributed by atoms with Crippen molar-refractivity contribution in [1.82, 2.24) is 0 Å². The molecule has 1 aromatic carbocycles. The van der Waals surface area contributed by atoms with Crippen LogP contribution in [0.5, 0.6) is 0 Å². The van der Waals surface area contributed by atoms with Crippen LogP contribution in [0.3, 0.4) is 0 Å². The highest BCUT2D eigenvalue weighted by atomic mass is 32.1. The van der Waals surface area contributed by atoms with Crippen molar-refractivity contribution >= 4 is 22.9 Å². The molecule has 0 saturated carbocycles. The number of aryl methyl sites for hydroxylation is 2. The Morgan fingerprint density at radius 2 is 2.19 bits per heavy atom. The fraction of sp³-hybridized carbons (Fsp3) is 0.353. The summed E-state index contributed by atoms with van der Waals surface area (Å²) >= 11 is 1.75. The molecule has 0 aliphatic carbocycles. The highest BCUT2D eigenvalue weighted by Gasteiger charge is 2.23. The van der Waals surface area contributed by atoms with Crippen molar-refractivity contribution in [3.8, 4) is 0 Å². The molecule has 0 saturated heterocycles. The number of nitrogens with zero attached hydrogens (tertiary/aromatic N) is 1. The monoisotopic (exact) mass is 300 g/mol. The molecule has 4 heteroatoms. The molecule has 1 aliphatic rings. The van der Waals surface area contributed by atoms with E-state index in [1.54, 1.807) is 11.3 Å². The Hall–Kier alpha value is -1.65. The van der Waals surface area contributed by atoms with Crippen molar-refractivity contribution in [2.24, 2.45) is 5.73 Å². The fourth-order valence-corrected chi connectivity index (χ4v) is 3.78. The van der Waals surface area contributed by atoms with E-state index in [4.69, 9.17) is 5.73 Å². The molecular weight excluding hydrogens is 280 g/mol. The maximum atomic E-state index is 12.9. The predicted octanol–water partition coefficient (Wildman–Crippen LogP) is 3.50. The number of benzene rings is 1. The third-order valence-corrected chi connectivity index (χ3v) is 5.07. The zero-order valence-corrected chi connectivity index (χ0v) is 13.1. The van der Waals surface area contributed by atoms with Crippen molar-refractivity contribution in [3.05, 3.63) is 51.2 Å². The van der Waals surface area contributed by atoms with E-state index in [1.807, 2.05) is 30.0 Å². The van der Waals surface area contributed by atoms with Gasteiger partial charge in [-0.25, -0.2) is 0 Å². The third-order valence-electron chi connectivity index (χ3n) is 4.10. The first-order valence-electron chi connectivity index (χ1n) is 7.38. The van der Waals surface area contributed by atoms with Gasteiger partial charge >= 0.3 is 0 Å². The number of hydrogen-bond donors (Lipinski definition) is 1. The average Bonchev–Trinajstić information content (AvgIpc) is 2.86. The number of fused-ring (bicyclic) bond motifs is 1. The SMILES string of the molecule is Cc1cc(C(=O)N2CCCCc3sccc32)ccc1CN. The average molecular weight is 300 g/mol. The van der Waals surface area contributed by atoms with Crippen LogP contribution in [-0.2, 0) is 13.0 Å². The molecule has 0 bridgehead atoms. The molecule has 0 spiro atoms. The van der Waals surface area contributed by atoms with Gasteiger partial charge in [-0.3, -0.25) is 4.79 Å². The van der Waals surface area contributed by atoms with Crippen LogP contribution in [0, 0.1) is 6.92 Å². The largest absolute Gasteiger partial charge is 0.326 e. The summed E-state index contributed by atoms with van der Waals surface area (Å²) in [5.41, 5.74) is 9.73. The Bertz CT molecular complexity index is 663. The summed E-state index contributed by atoms with van der Waals surface area (Å²) in [6.45, 7) is 3.33. The lowest BCUT2D eigenvalue weighted by Gasteiger charge is -2.21. The minimum atomic E-state index is 0.100. The first-order valence-corrected chi connectivity index (χ1v) is 8.26. The topological polar surface area (TPSA) is 46.3 Å². The highest BCUT2D eigenvalue weighted by molar-refractivity contribution is 7.10. The summed E-state index contributed by atoms with van der Waals surface area (Å²) in [5.74, 6) is 0.100. The van der Waals surface area contributed by atoms with Gasteiger partial charge in [-0.2, -0.15) is 0 Å². The molecule has 2 aromatic rings. The van der Waals surface area contributed by atoms with Crippen LogP contribution in [-0.4, -0.2) is 12.5 Å². The minimum Gasteiger partial charge on any atom is -0.326 e. The zero-order valence-electron chi connectivity index (χ0n) is 12.3. The summed E-state index contributed by atoms with van der Waals surface area (Å²) in [6.07, 6.45) is 3.30. The molecular formula is C17H20N2OS. The highest BCUT2D eigenvalue weighted by Crippen LogP contribution is 2.32. The van der Waals surface area contributed by atoms with Crippen molar-refractivity contribution in [2.75, 3.05) is 11.4 Å². The van der Waals surface area contributed by atoms with Gasteiger partial charge in [0.15, 0.2) is 0 Å². The third kappa shape index (κ3) is 2.74. The van der Waals surface area contributed by atoms with E-state index in [1.165, 1.54) is 4.88 Å². The molecule has 0 fully saturated rings. The summed E-state index contributed by atoms with van der Waals surface area (Å²) in [4.78, 5) is 16.1. The van der Waals surface area contributed by atoms with Crippen LogP contribution >= 0.6 is 11.3 Å². The molecule has 110 valence electrons. The second-order valence-corrected chi connectivity index (χ2v) is 6.49. The fourth-order valence-electron chi connectivity index (χ4n) is 2.86. The lowest BCUT2D eigenvalue weighted by atomic mass is 10.0. The number of carbonyl (C=O) groups excluding carboxylic acids is 1. The summed E-state index contributed by atoms with van der Waals surface area (Å²) < 4.78 is 0. The Morgan fingerprint density at radius 1 is 1.33 bits per heavy atom. The number of carbonyl (C=O) groups is 1. The zero-order chi connectivity index (χ0) is 14.8. The number of hydrogen-bond acceptors (Lipinski definition) is 3. The van der Waals surface area contributed by atoms with Gasteiger partial charge in [0.2, 0.25) is 0 Å². The quantitative estimate of drug-likeness (QED) is 0.922. The van der Waals surface area contributed by atoms with Gasteiger partial charge in [-0.15, -0.1) is 11.3 Å². The predicted molar refractivity (Wildman–Crippen MR) is 88.0 cm³/mol. The first-order chi connectivity index (χ1) is 10.2. The lowest BCUT2D eigenvalue weighted by Crippen LogP contribution is -2.31. The standard InChI is InChI=1S/C17H20N2OS/c1-12-10-13(5-6-14(12)11-18)17(20)19-8-3-2-4-16-15(19)7-9-21-16/h5-7,9-10H,2-4,8,11,18H2,1H3. The van der Waals surface area contributed by atoms with Crippen LogP contribution in [0.1, 0.15) is 39.2 Å². The second-order valence-electron chi connectivity index (χ2n) is 5.49. The molecule has 3 nitrogen and oxygen atoms in total. The maximum Gasteiger partial charge on any atom is 0.258 e. The van der Waals surface area contributed by atoms with E-state index in [-0.39, 0.29) is 5.91 Å². The lowest BCUT2D eigenvalue weighted by molar-refractivity contribution is 0.0987. The van der Waals surface area contributed by atoms with Crippen LogP contribution in [0.4, 0.5) is 5.69 Å². The Balaban J connectivity index is 1.94. The molecule has 0 radical (unpaired) electrons. The maximum absolute atomic E-state index is 12.9. The van der Waals surface area contributed by atoms with Gasteiger partial charge in [0.1, 0.15) is 0 Å². The van der Waals surface area contributed by atoms with E-state index in [2.05, 4.69) is 11.4 Å². The number of anilines is 1. The molecule has 21 heavy (non-hydrogen) atoms. The van der Waals surface area contributed by atoms with Crippen molar-refractivity contribution in [3.63, 3.8) is 0 Å². The van der Waals surface area contributed by atoms with E-state index in [0.717, 1.165) is 48.2 Å². The van der Waals surface area contributed by atoms with Crippen molar-refractivity contribution < 1.29 is 4.79 Å². The van der Waals surface area contributed by atoms with Crippen LogP contribution < -0.4 is 10.6 Å². The summed E-state index contributed by atoms with van der Waals surface area (Å²) in [6, 6.07) is 7.90. The van der Waals surface area contributed by atoms with E-state index in [0.29, 0.717) is 6.54 Å². The smallest absolute Gasteiger partial charge is 0.258 e. The van der Waals surface area contributed by atoms with Gasteiger partial charge in [0.25, 0.3) is 5.91 Å². The Labute approximate surface area is 129 Å². The molecule has 2 heterocycles. The number of rotatable bonds is 2. The number of thiophene rings is 1. The van der Waals surface area contributed by atoms with E-state index < -0.39 is 0 Å². The first kappa shape index (κ1) is 14.3. The molecule has 0 unspecified atom stereocenters. The molecule has 0 atom stereocenters. The number of amides is 1. The van der Waals surface area contributed by atoms with Gasteiger partial charge in [-0.05, 0) is 60.9 Å². The van der Waals surface area contributed by atoms with Crippen LogP contribution in [0.2, 0.25) is 0 Å². The Morgan fingerprint density at radius 3 is 2.95 bits per heavy atom. The van der Waals surface area contributed by atoms with Crippen molar-refractivity contribution in [1.29, 1.82) is 0 Å². The number of nitrogens with two attached hydrogens (primary N) is 1. The van der Waals surface area contributed by atoms with E-state index in [9.17, 15) is 4.79 Å². The molecule has 3 rings (SSSR count). The van der Waals surface area contributed by atoms with Gasteiger partial charge in [-0.1, -0.05) is 6.07 Å². The van der Waals surface area contributed by atoms with Gasteiger partial charge in [0.05, 0.1) is 5.69 Å². The minimum absolute atomic E-state index is 0.100. The van der Waals surface area contributed by atoms with Crippen molar-refractivity contribution in [2.45, 2.75) is 32.7 Å². The van der Waals surface area contributed by atoms with E-state index >= 15 is 0 Å². The molecule has 1 aromatic heterocycles. The Kier molecular flexibility index (Phi) is 4.08. The van der Waals surface area contributed by atoms with Crippen LogP contribution in [0.25, 0.3) is 0 Å². The molecule has 2 N–H and O–H groups in total. The molecule has 1 aliphatic heterocycles. The summed E-state index contributed by atoms with van der Waals surface area (Å²) in [7, 11) is 0. The van der Waals surface area contributed by atoms with Gasteiger partial charge < -0.3 is 10.6 Å². The summed E-state index contributed by atoms with van der Waals surface area (Å²) in [5, 5.41) is 2.08. The molecule has 1 amide bonds.